The fourth-order valence-corrected chi connectivity index (χ4v) is 5.03. The Balaban J connectivity index is 1.83. The molecule has 0 saturated heterocycles. The molecule has 3 heterocycles. The van der Waals surface area contributed by atoms with Crippen molar-refractivity contribution in [2.75, 3.05) is 40.3 Å². The lowest BCUT2D eigenvalue weighted by Gasteiger charge is -2.23. The third-order valence-corrected chi connectivity index (χ3v) is 7.69. The number of nitrogens with one attached hydrogen (secondary N) is 1. The van der Waals surface area contributed by atoms with Gasteiger partial charge in [-0.05, 0) is 25.1 Å². The van der Waals surface area contributed by atoms with Crippen LogP contribution >= 0.6 is 0 Å². The maximum atomic E-state index is 13.7. The molecular formula is C25H29N7O7S. The number of nitrogens with zero attached hydrogens (tertiary/aromatic N) is 6. The molecule has 0 aliphatic rings. The van der Waals surface area contributed by atoms with E-state index in [1.54, 1.807) is 36.4 Å². The van der Waals surface area contributed by atoms with Crippen molar-refractivity contribution in [3.8, 4) is 40.3 Å². The Morgan fingerprint density at radius 3 is 2.08 bits per heavy atom. The van der Waals surface area contributed by atoms with Gasteiger partial charge < -0.3 is 23.7 Å². The number of hydrogen-bond donors (Lipinski definition) is 1. The molecule has 0 aliphatic heterocycles. The number of benzene rings is 1. The topological polar surface area (TPSA) is 162 Å². The summed E-state index contributed by atoms with van der Waals surface area (Å²) < 4.78 is 58.4. The Kier molecular flexibility index (Phi) is 8.64. The average Bonchev–Trinajstić information content (AvgIpc) is 3.39. The molecule has 0 bridgehead atoms. The Labute approximate surface area is 231 Å². The molecule has 0 amide bonds. The van der Waals surface area contributed by atoms with E-state index < -0.39 is 21.4 Å². The zero-order valence-corrected chi connectivity index (χ0v) is 23.5. The number of methoxy groups -OCH3 is 5. The Hall–Kier alpha value is -4.50. The fourth-order valence-electron chi connectivity index (χ4n) is 3.90. The molecule has 0 saturated carbocycles. The summed E-state index contributed by atoms with van der Waals surface area (Å²) in [5.41, 5.74) is 0.712. The maximum absolute atomic E-state index is 13.7. The molecule has 1 N–H and O–H groups in total. The third kappa shape index (κ3) is 5.60. The summed E-state index contributed by atoms with van der Waals surface area (Å²) in [5, 5.41) is 7.27. The maximum Gasteiger partial charge on any atom is 0.243 e. The first-order chi connectivity index (χ1) is 19.3. The van der Waals surface area contributed by atoms with Crippen molar-refractivity contribution in [2.24, 2.45) is 0 Å². The highest BCUT2D eigenvalue weighted by Crippen LogP contribution is 2.38. The molecule has 3 aromatic heterocycles. The SMILES string of the molecule is COc1cnc(C(OC)C(C)S(=O)(=O)Nc2nnc(-c3cccc(OC)n3)n2-c2c(OC)cccc2OC)nc1. The largest absolute Gasteiger partial charge is 0.494 e. The van der Waals surface area contributed by atoms with Crippen LogP contribution in [0.1, 0.15) is 18.9 Å². The van der Waals surface area contributed by atoms with Crippen LogP contribution in [0.2, 0.25) is 0 Å². The van der Waals surface area contributed by atoms with Crippen molar-refractivity contribution in [3.05, 3.63) is 54.6 Å². The number of pyridine rings is 1. The number of ether oxygens (including phenoxy) is 5. The molecule has 0 radical (unpaired) electrons. The van der Waals surface area contributed by atoms with E-state index >= 15 is 0 Å². The minimum Gasteiger partial charge on any atom is -0.494 e. The third-order valence-electron chi connectivity index (χ3n) is 5.99. The summed E-state index contributed by atoms with van der Waals surface area (Å²) in [6.45, 7) is 1.47. The van der Waals surface area contributed by atoms with Gasteiger partial charge in [0.15, 0.2) is 17.4 Å². The lowest BCUT2D eigenvalue weighted by Crippen LogP contribution is -2.33. The van der Waals surface area contributed by atoms with E-state index in [1.165, 1.54) is 59.4 Å². The van der Waals surface area contributed by atoms with Gasteiger partial charge in [-0.3, -0.25) is 9.29 Å². The van der Waals surface area contributed by atoms with Crippen LogP contribution in [0.15, 0.2) is 48.8 Å². The van der Waals surface area contributed by atoms with Crippen molar-refractivity contribution in [3.63, 3.8) is 0 Å². The van der Waals surface area contributed by atoms with E-state index in [0.29, 0.717) is 34.5 Å². The molecule has 14 nitrogen and oxygen atoms in total. The Morgan fingerprint density at radius 2 is 1.50 bits per heavy atom. The quantitative estimate of drug-likeness (QED) is 0.265. The first kappa shape index (κ1) is 28.5. The van der Waals surface area contributed by atoms with Crippen molar-refractivity contribution in [2.45, 2.75) is 18.3 Å². The number of para-hydroxylation sites is 1. The molecule has 2 unspecified atom stereocenters. The number of aromatic nitrogens is 6. The van der Waals surface area contributed by atoms with Gasteiger partial charge in [0.05, 0.1) is 40.8 Å². The van der Waals surface area contributed by atoms with Crippen molar-refractivity contribution in [1.82, 2.24) is 29.7 Å². The second-order valence-electron chi connectivity index (χ2n) is 8.25. The minimum atomic E-state index is -4.18. The predicted octanol–water partition coefficient (Wildman–Crippen LogP) is 2.67. The van der Waals surface area contributed by atoms with Gasteiger partial charge in [-0.1, -0.05) is 12.1 Å². The zero-order chi connectivity index (χ0) is 28.9. The van der Waals surface area contributed by atoms with Crippen molar-refractivity contribution >= 4 is 16.0 Å². The van der Waals surface area contributed by atoms with E-state index in [1.807, 2.05) is 0 Å². The zero-order valence-electron chi connectivity index (χ0n) is 22.7. The first-order valence-electron chi connectivity index (χ1n) is 11.9. The molecule has 0 aliphatic carbocycles. The van der Waals surface area contributed by atoms with Crippen LogP contribution in [0.3, 0.4) is 0 Å². The standard InChI is InChI=1S/C25H29N7O7S/c1-15(22(39-6)23-26-13-16(35-2)14-27-23)40(33,34)31-25-30-29-24(17-9-7-12-20(28-17)38-5)32(25)21-18(36-3)10-8-11-19(21)37-4/h7-15,22H,1-6H3,(H,30,31). The molecule has 40 heavy (non-hydrogen) atoms. The van der Waals surface area contributed by atoms with Crippen LogP contribution in [0.5, 0.6) is 23.1 Å². The highest BCUT2D eigenvalue weighted by atomic mass is 32.2. The molecule has 1 aromatic carbocycles. The first-order valence-corrected chi connectivity index (χ1v) is 13.4. The number of anilines is 1. The van der Waals surface area contributed by atoms with Gasteiger partial charge in [0.2, 0.25) is 21.9 Å². The van der Waals surface area contributed by atoms with Gasteiger partial charge in [0, 0.05) is 13.2 Å². The van der Waals surface area contributed by atoms with E-state index in [-0.39, 0.29) is 17.6 Å². The molecule has 0 spiro atoms. The molecule has 4 rings (SSSR count). The van der Waals surface area contributed by atoms with Crippen LogP contribution in [0.4, 0.5) is 5.95 Å². The lowest BCUT2D eigenvalue weighted by molar-refractivity contribution is 0.0948. The van der Waals surface area contributed by atoms with Crippen LogP contribution in [-0.4, -0.2) is 78.9 Å². The normalized spacial score (nSPS) is 12.8. The minimum absolute atomic E-state index is 0.139. The summed E-state index contributed by atoms with van der Waals surface area (Å²) in [7, 11) is 3.13. The van der Waals surface area contributed by atoms with Gasteiger partial charge in [0.25, 0.3) is 0 Å². The van der Waals surface area contributed by atoms with Crippen LogP contribution in [0, 0.1) is 0 Å². The average molecular weight is 572 g/mol. The number of hydrogen-bond acceptors (Lipinski definition) is 12. The van der Waals surface area contributed by atoms with Crippen LogP contribution in [-0.2, 0) is 14.8 Å². The highest BCUT2D eigenvalue weighted by Gasteiger charge is 2.35. The second kappa shape index (κ2) is 12.1. The van der Waals surface area contributed by atoms with E-state index in [2.05, 4.69) is 29.9 Å². The second-order valence-corrected chi connectivity index (χ2v) is 10.3. The number of sulfonamides is 1. The van der Waals surface area contributed by atoms with Gasteiger partial charge in [0.1, 0.15) is 34.2 Å². The van der Waals surface area contributed by atoms with Crippen LogP contribution in [0.25, 0.3) is 17.2 Å². The van der Waals surface area contributed by atoms with E-state index in [0.717, 1.165) is 0 Å². The van der Waals surface area contributed by atoms with Crippen LogP contribution < -0.4 is 23.7 Å². The molecule has 212 valence electrons. The van der Waals surface area contributed by atoms with Crippen molar-refractivity contribution < 1.29 is 32.1 Å². The Morgan fingerprint density at radius 1 is 0.850 bits per heavy atom. The smallest absolute Gasteiger partial charge is 0.243 e. The summed E-state index contributed by atoms with van der Waals surface area (Å²) >= 11 is 0. The van der Waals surface area contributed by atoms with E-state index in [9.17, 15) is 8.42 Å². The fraction of sp³-hybridized carbons (Fsp3) is 0.320. The molecule has 4 aromatic rings. The van der Waals surface area contributed by atoms with Crippen molar-refractivity contribution in [1.29, 1.82) is 0 Å². The monoisotopic (exact) mass is 571 g/mol. The van der Waals surface area contributed by atoms with Gasteiger partial charge in [-0.2, -0.15) is 0 Å². The van der Waals surface area contributed by atoms with E-state index in [4.69, 9.17) is 23.7 Å². The summed E-state index contributed by atoms with van der Waals surface area (Å²) in [6, 6.07) is 10.2. The number of rotatable bonds is 12. The van der Waals surface area contributed by atoms with Gasteiger partial charge >= 0.3 is 0 Å². The lowest BCUT2D eigenvalue weighted by atomic mass is 10.2. The molecule has 0 fully saturated rings. The summed E-state index contributed by atoms with van der Waals surface area (Å²) in [4.78, 5) is 12.8. The molecule has 2 atom stereocenters. The summed E-state index contributed by atoms with van der Waals surface area (Å²) in [5.74, 6) is 1.72. The highest BCUT2D eigenvalue weighted by molar-refractivity contribution is 7.93. The molecule has 15 heteroatoms. The van der Waals surface area contributed by atoms with Gasteiger partial charge in [-0.15, -0.1) is 10.2 Å². The summed E-state index contributed by atoms with van der Waals surface area (Å²) in [6.07, 6.45) is 1.85. The Bertz CT molecular complexity index is 1540. The predicted molar refractivity (Wildman–Crippen MR) is 145 cm³/mol. The van der Waals surface area contributed by atoms with Gasteiger partial charge in [-0.25, -0.2) is 23.4 Å². The molecular weight excluding hydrogens is 542 g/mol.